The van der Waals surface area contributed by atoms with Gasteiger partial charge < -0.3 is 29.9 Å². The number of anilines is 4. The van der Waals surface area contributed by atoms with Crippen LogP contribution in [0.1, 0.15) is 42.0 Å². The molecule has 1 unspecified atom stereocenters. The van der Waals surface area contributed by atoms with Gasteiger partial charge in [0.05, 0.1) is 37.0 Å². The van der Waals surface area contributed by atoms with Crippen LogP contribution in [0.4, 0.5) is 31.8 Å². The van der Waals surface area contributed by atoms with Crippen molar-refractivity contribution in [3.63, 3.8) is 0 Å². The Bertz CT molecular complexity index is 1590. The third-order valence-electron chi connectivity index (χ3n) is 7.97. The topological polar surface area (TPSA) is 91.8 Å². The van der Waals surface area contributed by atoms with E-state index in [0.29, 0.717) is 48.9 Å². The van der Waals surface area contributed by atoms with E-state index in [0.717, 1.165) is 48.0 Å². The summed E-state index contributed by atoms with van der Waals surface area (Å²) in [5.74, 6) is -0.562. The van der Waals surface area contributed by atoms with Crippen LogP contribution < -0.4 is 20.3 Å². The van der Waals surface area contributed by atoms with Crippen molar-refractivity contribution in [2.24, 2.45) is 0 Å². The molecule has 2 N–H and O–H groups in total. The van der Waals surface area contributed by atoms with E-state index in [-0.39, 0.29) is 29.3 Å². The van der Waals surface area contributed by atoms with Crippen molar-refractivity contribution >= 4 is 34.5 Å². The summed E-state index contributed by atoms with van der Waals surface area (Å²) in [7, 11) is 7.44. The molecule has 1 saturated heterocycles. The van der Waals surface area contributed by atoms with Gasteiger partial charge in [0.2, 0.25) is 11.9 Å². The Morgan fingerprint density at radius 1 is 1.18 bits per heavy atom. The smallest absolute Gasteiger partial charge is 0.247 e. The first-order valence-corrected chi connectivity index (χ1v) is 14.6. The average molecular weight is 605 g/mol. The van der Waals surface area contributed by atoms with Crippen LogP contribution in [-0.4, -0.2) is 75.3 Å². The third kappa shape index (κ3) is 6.74. The molecular formula is C33H38F2N6O3. The highest BCUT2D eigenvalue weighted by atomic mass is 19.1. The number of fused-ring (bicyclic) bond motifs is 4. The lowest BCUT2D eigenvalue weighted by Gasteiger charge is -2.32. The minimum Gasteiger partial charge on any atom is -0.494 e. The predicted molar refractivity (Wildman–Crippen MR) is 169 cm³/mol. The zero-order chi connectivity index (χ0) is 31.4. The molecule has 1 atom stereocenters. The molecule has 1 aliphatic heterocycles. The van der Waals surface area contributed by atoms with Crippen LogP contribution in [-0.2, 0) is 9.53 Å². The molecule has 11 heteroatoms. The predicted octanol–water partition coefficient (Wildman–Crippen LogP) is 5.73. The fourth-order valence-corrected chi connectivity index (χ4v) is 5.74. The van der Waals surface area contributed by atoms with E-state index in [1.165, 1.54) is 12.1 Å². The molecule has 2 heterocycles. The zero-order valence-corrected chi connectivity index (χ0v) is 25.5. The van der Waals surface area contributed by atoms with Gasteiger partial charge in [0.15, 0.2) is 5.82 Å². The summed E-state index contributed by atoms with van der Waals surface area (Å²) in [6.45, 7) is 5.98. The number of hydrogen-bond donors (Lipinski definition) is 2. The Morgan fingerprint density at radius 2 is 2.00 bits per heavy atom. The first kappa shape index (κ1) is 31.1. The van der Waals surface area contributed by atoms with Gasteiger partial charge >= 0.3 is 0 Å². The van der Waals surface area contributed by atoms with Crippen molar-refractivity contribution in [2.75, 3.05) is 70.1 Å². The normalized spacial score (nSPS) is 16.1. The SMILES string of the molecule is C=CC(=O)Nc1cc(Nc2ncc(F)c(C3=C4COCCCC(C4)c4cc(F)ccc43)n2)c(OC)cc1N(C)CCN(C)C. The number of rotatable bonds is 10. The third-order valence-corrected chi connectivity index (χ3v) is 7.97. The molecular weight excluding hydrogens is 566 g/mol. The van der Waals surface area contributed by atoms with Gasteiger partial charge in [0.1, 0.15) is 17.3 Å². The fourth-order valence-electron chi connectivity index (χ4n) is 5.74. The molecule has 2 bridgehead atoms. The van der Waals surface area contributed by atoms with E-state index >= 15 is 4.39 Å². The largest absolute Gasteiger partial charge is 0.494 e. The van der Waals surface area contributed by atoms with Gasteiger partial charge in [-0.2, -0.15) is 0 Å². The van der Waals surface area contributed by atoms with Crippen LogP contribution in [0.2, 0.25) is 0 Å². The van der Waals surface area contributed by atoms with Gasteiger partial charge in [-0.25, -0.2) is 18.7 Å². The average Bonchev–Trinajstić information content (AvgIpc) is 2.99. The highest BCUT2D eigenvalue weighted by Gasteiger charge is 2.31. The van der Waals surface area contributed by atoms with Crippen LogP contribution in [0.25, 0.3) is 5.57 Å². The van der Waals surface area contributed by atoms with Crippen molar-refractivity contribution in [2.45, 2.75) is 25.2 Å². The fraction of sp³-hybridized carbons (Fsp3) is 0.364. The number of nitrogens with zero attached hydrogens (tertiary/aromatic N) is 4. The van der Waals surface area contributed by atoms with Crippen molar-refractivity contribution in [1.29, 1.82) is 0 Å². The summed E-state index contributed by atoms with van der Waals surface area (Å²) in [6.07, 6.45) is 4.69. The molecule has 2 aliphatic rings. The van der Waals surface area contributed by atoms with Crippen molar-refractivity contribution in [3.8, 4) is 5.75 Å². The van der Waals surface area contributed by atoms with Gasteiger partial charge in [-0.15, -0.1) is 0 Å². The maximum atomic E-state index is 15.5. The van der Waals surface area contributed by atoms with E-state index in [2.05, 4.69) is 32.1 Å². The standard InChI is InChI=1S/C33H38F2N6O3/c1-6-30(42)37-26-16-27(29(43-5)17-28(26)41(4)12-11-40(2)3)38-33-36-18-25(35)32(39-33)31-21-14-20(8-7-13-44-19-21)24-15-22(34)9-10-23(24)31/h6,9-10,15-18,20H,1,7-8,11-14,19H2,2-5H3,(H,37,42)(H,36,38,39). The second-order valence-electron chi connectivity index (χ2n) is 11.3. The summed E-state index contributed by atoms with van der Waals surface area (Å²) in [6, 6.07) is 8.18. The van der Waals surface area contributed by atoms with Gasteiger partial charge in [-0.3, -0.25) is 4.79 Å². The van der Waals surface area contributed by atoms with E-state index in [4.69, 9.17) is 9.47 Å². The number of aromatic nitrogens is 2. The number of likely N-dealkylation sites (N-methyl/N-ethyl adjacent to an activating group) is 2. The molecule has 1 aromatic heterocycles. The maximum absolute atomic E-state index is 15.5. The number of carbonyl (C=O) groups is 1. The summed E-state index contributed by atoms with van der Waals surface area (Å²) in [4.78, 5) is 25.3. The van der Waals surface area contributed by atoms with Crippen LogP contribution in [0.3, 0.4) is 0 Å². The van der Waals surface area contributed by atoms with Crippen LogP contribution >= 0.6 is 0 Å². The van der Waals surface area contributed by atoms with Crippen LogP contribution in [0, 0.1) is 11.6 Å². The number of hydrogen-bond acceptors (Lipinski definition) is 8. The second kappa shape index (κ2) is 13.5. The number of nitrogens with one attached hydrogen (secondary N) is 2. The Balaban J connectivity index is 1.56. The molecule has 1 aliphatic carbocycles. The molecule has 1 amide bonds. The lowest BCUT2D eigenvalue weighted by Crippen LogP contribution is -2.29. The molecule has 1 fully saturated rings. The van der Waals surface area contributed by atoms with Gasteiger partial charge in [-0.05, 0) is 80.3 Å². The van der Waals surface area contributed by atoms with E-state index in [1.807, 2.05) is 32.1 Å². The number of halogens is 2. The molecule has 0 radical (unpaired) electrons. The molecule has 2 aromatic carbocycles. The quantitative estimate of drug-likeness (QED) is 0.284. The van der Waals surface area contributed by atoms with Gasteiger partial charge in [-0.1, -0.05) is 12.6 Å². The highest BCUT2D eigenvalue weighted by Crippen LogP contribution is 2.45. The summed E-state index contributed by atoms with van der Waals surface area (Å²) in [5.41, 5.74) is 4.97. The number of benzene rings is 2. The number of ether oxygens (including phenoxy) is 2. The number of methoxy groups -OCH3 is 1. The summed E-state index contributed by atoms with van der Waals surface area (Å²) < 4.78 is 41.5. The summed E-state index contributed by atoms with van der Waals surface area (Å²) >= 11 is 0. The lowest BCUT2D eigenvalue weighted by molar-refractivity contribution is -0.111. The Morgan fingerprint density at radius 3 is 2.75 bits per heavy atom. The highest BCUT2D eigenvalue weighted by molar-refractivity contribution is 6.02. The molecule has 5 rings (SSSR count). The lowest BCUT2D eigenvalue weighted by atomic mass is 9.75. The van der Waals surface area contributed by atoms with Gasteiger partial charge in [0.25, 0.3) is 0 Å². The number of carbonyl (C=O) groups excluding carboxylic acids is 1. The maximum Gasteiger partial charge on any atom is 0.247 e. The first-order valence-electron chi connectivity index (χ1n) is 14.6. The number of amides is 1. The molecule has 0 saturated carbocycles. The molecule has 9 nitrogen and oxygen atoms in total. The Hall–Kier alpha value is -4.35. The minimum absolute atomic E-state index is 0.104. The molecule has 44 heavy (non-hydrogen) atoms. The second-order valence-corrected chi connectivity index (χ2v) is 11.3. The van der Waals surface area contributed by atoms with Crippen molar-refractivity contribution < 1.29 is 23.0 Å². The Kier molecular flexibility index (Phi) is 9.55. The summed E-state index contributed by atoms with van der Waals surface area (Å²) in [5, 5.41) is 6.03. The van der Waals surface area contributed by atoms with Crippen LogP contribution in [0.15, 0.2) is 54.8 Å². The zero-order valence-electron chi connectivity index (χ0n) is 25.5. The Labute approximate surface area is 256 Å². The molecule has 232 valence electrons. The van der Waals surface area contributed by atoms with E-state index in [1.54, 1.807) is 25.3 Å². The molecule has 3 aromatic rings. The van der Waals surface area contributed by atoms with Crippen molar-refractivity contribution in [3.05, 3.63) is 83.2 Å². The van der Waals surface area contributed by atoms with Crippen LogP contribution in [0.5, 0.6) is 5.75 Å². The molecule has 0 spiro atoms. The first-order chi connectivity index (χ1) is 21.2. The monoisotopic (exact) mass is 604 g/mol. The van der Waals surface area contributed by atoms with E-state index in [9.17, 15) is 9.18 Å². The minimum atomic E-state index is -0.599. The van der Waals surface area contributed by atoms with E-state index < -0.39 is 5.82 Å². The van der Waals surface area contributed by atoms with Crippen molar-refractivity contribution in [1.82, 2.24) is 14.9 Å². The van der Waals surface area contributed by atoms with Gasteiger partial charge in [0, 0.05) is 38.4 Å².